The number of ketones is 1. The summed E-state index contributed by atoms with van der Waals surface area (Å²) in [6.45, 7) is 1.96. The molecule has 0 aliphatic rings. The van der Waals surface area contributed by atoms with Crippen LogP contribution >= 0.6 is 0 Å². The lowest BCUT2D eigenvalue weighted by Gasteiger charge is -2.35. The number of unbranched alkanes of at least 4 members (excludes halogenated alkanes) is 2. The third kappa shape index (κ3) is 8.47. The van der Waals surface area contributed by atoms with Crippen LogP contribution in [0.25, 0.3) is 0 Å². The number of likely N-dealkylation sites (N-methyl/N-ethyl adjacent to an activating group) is 1. The van der Waals surface area contributed by atoms with Crippen molar-refractivity contribution in [3.63, 3.8) is 0 Å². The van der Waals surface area contributed by atoms with Gasteiger partial charge in [0.2, 0.25) is 0 Å². The van der Waals surface area contributed by atoms with Crippen LogP contribution < -0.4 is 5.11 Å². The van der Waals surface area contributed by atoms with E-state index in [0.717, 1.165) is 18.9 Å². The molecule has 21 heavy (non-hydrogen) atoms. The van der Waals surface area contributed by atoms with Gasteiger partial charge < -0.3 is 24.6 Å². The predicted octanol–water partition coefficient (Wildman–Crippen LogP) is 0.155. The zero-order chi connectivity index (χ0) is 16.7. The topological polar surface area (TPSA) is 97.7 Å². The van der Waals surface area contributed by atoms with Crippen LogP contribution in [0.1, 0.15) is 39.0 Å². The van der Waals surface area contributed by atoms with Gasteiger partial charge in [-0.25, -0.2) is 0 Å². The molecule has 0 spiro atoms. The van der Waals surface area contributed by atoms with Crippen molar-refractivity contribution in [2.45, 2.75) is 44.6 Å². The second kappa shape index (κ2) is 8.14. The van der Waals surface area contributed by atoms with Crippen LogP contribution in [0.3, 0.4) is 0 Å². The first-order valence-corrected chi connectivity index (χ1v) is 7.17. The Bertz CT molecular complexity index is 397. The maximum absolute atomic E-state index is 11.7. The fourth-order valence-corrected chi connectivity index (χ4v) is 2.16. The zero-order valence-corrected chi connectivity index (χ0v) is 13.4. The van der Waals surface area contributed by atoms with Crippen LogP contribution in [0.2, 0.25) is 0 Å². The molecule has 122 valence electrons. The quantitative estimate of drug-likeness (QED) is 0.259. The van der Waals surface area contributed by atoms with E-state index in [9.17, 15) is 24.9 Å². The van der Waals surface area contributed by atoms with Crippen molar-refractivity contribution in [3.05, 3.63) is 11.8 Å². The third-order valence-electron chi connectivity index (χ3n) is 2.97. The van der Waals surface area contributed by atoms with Crippen LogP contribution in [0.5, 0.6) is 0 Å². The minimum atomic E-state index is -2.00. The van der Waals surface area contributed by atoms with Gasteiger partial charge in [0.1, 0.15) is 12.3 Å². The van der Waals surface area contributed by atoms with E-state index in [2.05, 4.69) is 0 Å². The highest BCUT2D eigenvalue weighted by atomic mass is 16.4. The molecule has 0 aliphatic carbocycles. The van der Waals surface area contributed by atoms with Crippen LogP contribution in [0, 0.1) is 0 Å². The Morgan fingerprint density at radius 3 is 2.24 bits per heavy atom. The predicted molar refractivity (Wildman–Crippen MR) is 77.3 cm³/mol. The first-order valence-electron chi connectivity index (χ1n) is 7.17. The van der Waals surface area contributed by atoms with Crippen molar-refractivity contribution in [2.24, 2.45) is 0 Å². The molecule has 0 aromatic rings. The van der Waals surface area contributed by atoms with Crippen molar-refractivity contribution in [2.75, 3.05) is 27.7 Å². The third-order valence-corrected chi connectivity index (χ3v) is 2.97. The molecule has 0 radical (unpaired) electrons. The van der Waals surface area contributed by atoms with Crippen molar-refractivity contribution in [3.8, 4) is 0 Å². The number of aliphatic hydroxyl groups is 2. The number of carboxylic acids is 1. The summed E-state index contributed by atoms with van der Waals surface area (Å²) >= 11 is 0. The Hall–Kier alpha value is -1.40. The number of carboxylic acid groups (broad SMARTS) is 1. The van der Waals surface area contributed by atoms with Gasteiger partial charge in [-0.3, -0.25) is 4.79 Å². The molecule has 0 amide bonds. The number of quaternary nitrogens is 1. The normalized spacial score (nSPS) is 15.6. The number of hydrogen-bond donors (Lipinski definition) is 2. The number of rotatable bonds is 10. The molecule has 2 N–H and O–H groups in total. The van der Waals surface area contributed by atoms with E-state index in [4.69, 9.17) is 0 Å². The number of carbonyl (C=O) groups excluding carboxylic acids is 2. The summed E-state index contributed by atoms with van der Waals surface area (Å²) in [5, 5.41) is 31.2. The highest BCUT2D eigenvalue weighted by Gasteiger charge is 2.38. The van der Waals surface area contributed by atoms with Crippen molar-refractivity contribution in [1.29, 1.82) is 0 Å². The van der Waals surface area contributed by atoms with E-state index in [0.29, 0.717) is 6.42 Å². The van der Waals surface area contributed by atoms with E-state index < -0.39 is 23.8 Å². The Morgan fingerprint density at radius 1 is 1.24 bits per heavy atom. The molecule has 1 unspecified atom stereocenters. The number of nitrogens with zero attached hydrogens (tertiary/aromatic N) is 1. The molecule has 0 heterocycles. The summed E-state index contributed by atoms with van der Waals surface area (Å²) in [5.41, 5.74) is -2.00. The van der Waals surface area contributed by atoms with Gasteiger partial charge in [0.05, 0.1) is 21.1 Å². The van der Waals surface area contributed by atoms with E-state index in [1.54, 1.807) is 21.1 Å². The lowest BCUT2D eigenvalue weighted by atomic mass is 9.94. The highest BCUT2D eigenvalue weighted by molar-refractivity contribution is 5.90. The molecule has 0 aromatic heterocycles. The summed E-state index contributed by atoms with van der Waals surface area (Å²) in [7, 11) is 5.24. The van der Waals surface area contributed by atoms with Crippen molar-refractivity contribution >= 4 is 11.8 Å². The molecule has 0 aromatic carbocycles. The fourth-order valence-electron chi connectivity index (χ4n) is 2.16. The zero-order valence-electron chi connectivity index (χ0n) is 13.4. The summed E-state index contributed by atoms with van der Waals surface area (Å²) in [6, 6.07) is 0. The van der Waals surface area contributed by atoms with Crippen molar-refractivity contribution < 1.29 is 29.4 Å². The Morgan fingerprint density at radius 2 is 1.81 bits per heavy atom. The van der Waals surface area contributed by atoms with Gasteiger partial charge in [-0.15, -0.1) is 0 Å². The number of carbonyl (C=O) groups is 2. The fraction of sp³-hybridized carbons (Fsp3) is 0.733. The Labute approximate surface area is 126 Å². The van der Waals surface area contributed by atoms with Crippen LogP contribution in [-0.2, 0) is 9.59 Å². The first-order chi connectivity index (χ1) is 9.50. The molecule has 0 rings (SSSR count). The van der Waals surface area contributed by atoms with Gasteiger partial charge in [-0.1, -0.05) is 19.8 Å². The monoisotopic (exact) mass is 301 g/mol. The lowest BCUT2D eigenvalue weighted by Crippen LogP contribution is -2.52. The number of aliphatic hydroxyl groups excluding tert-OH is 1. The van der Waals surface area contributed by atoms with Gasteiger partial charge in [-0.05, 0) is 6.42 Å². The Kier molecular flexibility index (Phi) is 7.60. The number of allylic oxidation sites excluding steroid dienone is 1. The average Bonchev–Trinajstić information content (AvgIpc) is 2.25. The minimum absolute atomic E-state index is 0.0500. The summed E-state index contributed by atoms with van der Waals surface area (Å²) < 4.78 is 0.228. The number of aliphatic carboxylic acids is 1. The largest absolute Gasteiger partial charge is 0.550 e. The SMILES string of the molecule is CCCCCC(=O)/C=C(\O)C(O)(CC(=O)[O-])C[N+](C)(C)C. The van der Waals surface area contributed by atoms with Crippen LogP contribution in [0.15, 0.2) is 11.8 Å². The lowest BCUT2D eigenvalue weighted by molar-refractivity contribution is -0.876. The smallest absolute Gasteiger partial charge is 0.175 e. The van der Waals surface area contributed by atoms with E-state index in [1.165, 1.54) is 0 Å². The molecule has 1 atom stereocenters. The molecule has 0 saturated carbocycles. The summed E-state index contributed by atoms with van der Waals surface area (Å²) in [5.74, 6) is -2.41. The minimum Gasteiger partial charge on any atom is -0.550 e. The van der Waals surface area contributed by atoms with Gasteiger partial charge >= 0.3 is 0 Å². The first kappa shape index (κ1) is 19.6. The molecule has 0 saturated heterocycles. The second-order valence-corrected chi connectivity index (χ2v) is 6.48. The standard InChI is InChI=1S/C15H27NO5/c1-5-6-7-8-12(17)9-13(18)15(21,10-14(19)20)11-16(2,3)4/h9,21H,5-8,10-11H2,1-4H3,(H-,17,18,19,20). The molecule has 0 aliphatic heterocycles. The molecular weight excluding hydrogens is 274 g/mol. The molecule has 0 bridgehead atoms. The molecule has 0 fully saturated rings. The summed E-state index contributed by atoms with van der Waals surface area (Å²) in [6.07, 6.45) is 3.03. The van der Waals surface area contributed by atoms with Crippen molar-refractivity contribution in [1.82, 2.24) is 0 Å². The van der Waals surface area contributed by atoms with Gasteiger partial charge in [0, 0.05) is 24.9 Å². The van der Waals surface area contributed by atoms with Crippen LogP contribution in [-0.4, -0.2) is 59.7 Å². The van der Waals surface area contributed by atoms with Crippen LogP contribution in [0.4, 0.5) is 0 Å². The van der Waals surface area contributed by atoms with E-state index in [1.807, 2.05) is 6.92 Å². The number of hydrogen-bond acceptors (Lipinski definition) is 5. The van der Waals surface area contributed by atoms with Gasteiger partial charge in [-0.2, -0.15) is 0 Å². The maximum Gasteiger partial charge on any atom is 0.175 e. The van der Waals surface area contributed by atoms with Gasteiger partial charge in [0.25, 0.3) is 0 Å². The molecule has 6 heteroatoms. The average molecular weight is 301 g/mol. The highest BCUT2D eigenvalue weighted by Crippen LogP contribution is 2.22. The van der Waals surface area contributed by atoms with E-state index in [-0.39, 0.29) is 23.2 Å². The molecule has 6 nitrogen and oxygen atoms in total. The van der Waals surface area contributed by atoms with E-state index >= 15 is 0 Å². The van der Waals surface area contributed by atoms with Gasteiger partial charge in [0.15, 0.2) is 11.4 Å². The second-order valence-electron chi connectivity index (χ2n) is 6.48. The summed E-state index contributed by atoms with van der Waals surface area (Å²) in [4.78, 5) is 22.5. The Balaban J connectivity index is 5.05. The molecular formula is C15H27NO5. The maximum atomic E-state index is 11.7.